The lowest BCUT2D eigenvalue weighted by atomic mass is 10.1. The topological polar surface area (TPSA) is 58.4 Å². The van der Waals surface area contributed by atoms with Crippen LogP contribution in [0.15, 0.2) is 71.9 Å². The fourth-order valence-corrected chi connectivity index (χ4v) is 4.87. The van der Waals surface area contributed by atoms with Crippen LogP contribution in [-0.2, 0) is 30.1 Å². The number of methoxy groups -OCH3 is 1. The maximum atomic E-state index is 14.2. The number of thioether (sulfide) groups is 1. The second-order valence-corrected chi connectivity index (χ2v) is 8.82. The van der Waals surface area contributed by atoms with Gasteiger partial charge in [0.1, 0.15) is 17.3 Å². The Morgan fingerprint density at radius 2 is 1.88 bits per heavy atom. The Morgan fingerprint density at radius 1 is 1.06 bits per heavy atom. The highest BCUT2D eigenvalue weighted by Gasteiger charge is 2.19. The molecule has 0 atom stereocenters. The Hall–Kier alpha value is -3.36. The van der Waals surface area contributed by atoms with Gasteiger partial charge in [0.15, 0.2) is 17.8 Å². The molecule has 0 fully saturated rings. The van der Waals surface area contributed by atoms with Gasteiger partial charge in [-0.1, -0.05) is 42.1 Å². The molecule has 0 radical (unpaired) electrons. The van der Waals surface area contributed by atoms with Gasteiger partial charge in [-0.05, 0) is 48.4 Å². The molecule has 0 aliphatic carbocycles. The maximum absolute atomic E-state index is 14.2. The summed E-state index contributed by atoms with van der Waals surface area (Å²) in [7, 11) is 1.65. The maximum Gasteiger partial charge on any atom is 0.191 e. The number of aryl methyl sites for hydroxylation is 1. The molecule has 0 amide bonds. The number of hydrogen-bond acceptors (Lipinski definition) is 6. The first-order chi connectivity index (χ1) is 16.7. The fraction of sp³-hybridized carbons (Fsp3) is 0.231. The first kappa shape index (κ1) is 22.4. The second-order valence-electron chi connectivity index (χ2n) is 7.87. The molecule has 5 rings (SSSR count). The molecule has 34 heavy (non-hydrogen) atoms. The van der Waals surface area contributed by atoms with Gasteiger partial charge >= 0.3 is 0 Å². The van der Waals surface area contributed by atoms with Crippen molar-refractivity contribution >= 4 is 11.8 Å². The highest BCUT2D eigenvalue weighted by Crippen LogP contribution is 2.34. The first-order valence-corrected chi connectivity index (χ1v) is 12.0. The molecule has 1 aliphatic heterocycles. The van der Waals surface area contributed by atoms with Gasteiger partial charge in [-0.15, -0.1) is 10.2 Å². The average Bonchev–Trinajstić information content (AvgIpc) is 3.29. The summed E-state index contributed by atoms with van der Waals surface area (Å²) in [5, 5.41) is 9.75. The minimum atomic E-state index is -0.298. The molecule has 0 bridgehead atoms. The quantitative estimate of drug-likeness (QED) is 0.313. The lowest BCUT2D eigenvalue weighted by Crippen LogP contribution is -2.13. The standard InChI is InChI=1S/C26H24FN3O3S/c1-31-23-9-7-19(8-10-23)25-28-29-26(30(25)12-11-18-5-3-2-4-6-18)34-16-21-14-22(27)13-20-15-32-17-33-24(20)21/h2-10,13-14H,11-12,15-17H2,1H3. The van der Waals surface area contributed by atoms with Gasteiger partial charge in [0.05, 0.1) is 13.7 Å². The number of aromatic nitrogens is 3. The number of hydrogen-bond donors (Lipinski definition) is 0. The summed E-state index contributed by atoms with van der Waals surface area (Å²) in [6, 6.07) is 21.1. The van der Waals surface area contributed by atoms with E-state index in [1.165, 1.54) is 29.5 Å². The zero-order valence-electron chi connectivity index (χ0n) is 18.7. The summed E-state index contributed by atoms with van der Waals surface area (Å²) in [5.41, 5.74) is 3.70. The van der Waals surface area contributed by atoms with Crippen LogP contribution in [0, 0.1) is 5.82 Å². The van der Waals surface area contributed by atoms with E-state index in [1.807, 2.05) is 42.5 Å². The fourth-order valence-electron chi connectivity index (χ4n) is 3.94. The number of halogens is 1. The minimum Gasteiger partial charge on any atom is -0.497 e. The number of rotatable bonds is 8. The van der Waals surface area contributed by atoms with Crippen LogP contribution < -0.4 is 9.47 Å². The molecule has 174 valence electrons. The lowest BCUT2D eigenvalue weighted by Gasteiger charge is -2.20. The van der Waals surface area contributed by atoms with Crippen molar-refractivity contribution in [1.82, 2.24) is 14.8 Å². The van der Waals surface area contributed by atoms with Crippen LogP contribution in [0.2, 0.25) is 0 Å². The Morgan fingerprint density at radius 3 is 2.68 bits per heavy atom. The van der Waals surface area contributed by atoms with Crippen molar-refractivity contribution in [3.05, 3.63) is 89.2 Å². The molecule has 0 spiro atoms. The van der Waals surface area contributed by atoms with E-state index in [2.05, 4.69) is 26.9 Å². The zero-order chi connectivity index (χ0) is 23.3. The number of benzene rings is 3. The Kier molecular flexibility index (Phi) is 6.78. The van der Waals surface area contributed by atoms with Crippen molar-refractivity contribution in [3.8, 4) is 22.9 Å². The van der Waals surface area contributed by atoms with Crippen molar-refractivity contribution in [2.45, 2.75) is 30.5 Å². The molecule has 4 aromatic rings. The first-order valence-electron chi connectivity index (χ1n) is 11.0. The Labute approximate surface area is 201 Å². The Balaban J connectivity index is 1.43. The van der Waals surface area contributed by atoms with Gasteiger partial charge in [-0.3, -0.25) is 0 Å². The van der Waals surface area contributed by atoms with E-state index in [1.54, 1.807) is 7.11 Å². The van der Waals surface area contributed by atoms with E-state index in [0.717, 1.165) is 39.8 Å². The third-order valence-electron chi connectivity index (χ3n) is 5.64. The van der Waals surface area contributed by atoms with Gasteiger partial charge in [0.25, 0.3) is 0 Å². The van der Waals surface area contributed by atoms with Crippen LogP contribution in [0.5, 0.6) is 11.5 Å². The average molecular weight is 478 g/mol. The summed E-state index contributed by atoms with van der Waals surface area (Å²) >= 11 is 1.52. The van der Waals surface area contributed by atoms with Crippen LogP contribution in [0.1, 0.15) is 16.7 Å². The lowest BCUT2D eigenvalue weighted by molar-refractivity contribution is -0.0171. The van der Waals surface area contributed by atoms with E-state index < -0.39 is 0 Å². The van der Waals surface area contributed by atoms with E-state index >= 15 is 0 Å². The third-order valence-corrected chi connectivity index (χ3v) is 6.66. The molecule has 6 nitrogen and oxygen atoms in total. The van der Waals surface area contributed by atoms with Gasteiger partial charge in [0.2, 0.25) is 0 Å². The van der Waals surface area contributed by atoms with E-state index in [0.29, 0.717) is 24.7 Å². The summed E-state index contributed by atoms with van der Waals surface area (Å²) in [6.07, 6.45) is 0.839. The molecule has 1 aliphatic rings. The molecule has 0 saturated carbocycles. The smallest absolute Gasteiger partial charge is 0.191 e. The van der Waals surface area contributed by atoms with Crippen molar-refractivity contribution in [1.29, 1.82) is 0 Å². The number of ether oxygens (including phenoxy) is 3. The van der Waals surface area contributed by atoms with Crippen LogP contribution >= 0.6 is 11.8 Å². The van der Waals surface area contributed by atoms with Gasteiger partial charge < -0.3 is 18.8 Å². The zero-order valence-corrected chi connectivity index (χ0v) is 19.6. The largest absolute Gasteiger partial charge is 0.497 e. The highest BCUT2D eigenvalue weighted by molar-refractivity contribution is 7.98. The highest BCUT2D eigenvalue weighted by atomic mass is 32.2. The third kappa shape index (κ3) is 4.93. The van der Waals surface area contributed by atoms with Crippen LogP contribution in [-0.4, -0.2) is 28.7 Å². The normalized spacial score (nSPS) is 12.8. The molecule has 0 N–H and O–H groups in total. The number of nitrogens with zero attached hydrogens (tertiary/aromatic N) is 3. The molecule has 2 heterocycles. The number of fused-ring (bicyclic) bond motifs is 1. The molecule has 0 saturated heterocycles. The van der Waals surface area contributed by atoms with E-state index in [9.17, 15) is 4.39 Å². The molecule has 1 aromatic heterocycles. The minimum absolute atomic E-state index is 0.172. The molecule has 0 unspecified atom stereocenters. The summed E-state index contributed by atoms with van der Waals surface area (Å²) < 4.78 is 32.6. The van der Waals surface area contributed by atoms with E-state index in [-0.39, 0.29) is 12.6 Å². The summed E-state index contributed by atoms with van der Waals surface area (Å²) in [5.74, 6) is 2.48. The molecule has 8 heteroatoms. The predicted molar refractivity (Wildman–Crippen MR) is 128 cm³/mol. The molecular formula is C26H24FN3O3S. The van der Waals surface area contributed by atoms with Gasteiger partial charge in [-0.25, -0.2) is 4.39 Å². The van der Waals surface area contributed by atoms with E-state index in [4.69, 9.17) is 14.2 Å². The predicted octanol–water partition coefficient (Wildman–Crippen LogP) is 5.49. The van der Waals surface area contributed by atoms with Crippen molar-refractivity contribution in [2.75, 3.05) is 13.9 Å². The Bertz CT molecular complexity index is 1260. The van der Waals surface area contributed by atoms with Crippen LogP contribution in [0.3, 0.4) is 0 Å². The molecule has 3 aromatic carbocycles. The van der Waals surface area contributed by atoms with Crippen LogP contribution in [0.4, 0.5) is 4.39 Å². The monoisotopic (exact) mass is 477 g/mol. The summed E-state index contributed by atoms with van der Waals surface area (Å²) in [6.45, 7) is 1.23. The summed E-state index contributed by atoms with van der Waals surface area (Å²) in [4.78, 5) is 0. The van der Waals surface area contributed by atoms with Crippen molar-refractivity contribution in [3.63, 3.8) is 0 Å². The van der Waals surface area contributed by atoms with Crippen molar-refractivity contribution in [2.24, 2.45) is 0 Å². The van der Waals surface area contributed by atoms with Crippen molar-refractivity contribution < 1.29 is 18.6 Å². The van der Waals surface area contributed by atoms with Crippen LogP contribution in [0.25, 0.3) is 11.4 Å². The van der Waals surface area contributed by atoms with Gasteiger partial charge in [0, 0.05) is 29.0 Å². The SMILES string of the molecule is COc1ccc(-c2nnc(SCc3cc(F)cc4c3OCOC4)n2CCc2ccccc2)cc1. The molecular weight excluding hydrogens is 453 g/mol. The second kappa shape index (κ2) is 10.3. The van der Waals surface area contributed by atoms with Gasteiger partial charge in [-0.2, -0.15) is 0 Å².